The Morgan fingerprint density at radius 2 is 1.59 bits per heavy atom. The minimum atomic E-state index is -0.811. The van der Waals surface area contributed by atoms with Crippen LogP contribution in [-0.4, -0.2) is 37.7 Å². The number of carbonyl (C=O) groups is 2. The van der Waals surface area contributed by atoms with Crippen LogP contribution in [0, 0.1) is 5.92 Å². The van der Waals surface area contributed by atoms with Gasteiger partial charge in [-0.25, -0.2) is 4.90 Å². The van der Waals surface area contributed by atoms with Gasteiger partial charge in [-0.05, 0) is 35.7 Å². The van der Waals surface area contributed by atoms with Gasteiger partial charge in [0.2, 0.25) is 0 Å². The fraction of sp³-hybridized carbons (Fsp3) is 0.273. The fourth-order valence-corrected chi connectivity index (χ4v) is 2.95. The lowest BCUT2D eigenvalue weighted by molar-refractivity contribution is -0.121. The largest absolute Gasteiger partial charge is 0.502 e. The number of aliphatic hydroxyl groups excluding tert-OH is 1. The Morgan fingerprint density at radius 1 is 0.931 bits per heavy atom. The van der Waals surface area contributed by atoms with Crippen molar-refractivity contribution in [2.75, 3.05) is 25.7 Å². The van der Waals surface area contributed by atoms with E-state index >= 15 is 0 Å². The van der Waals surface area contributed by atoms with Gasteiger partial charge in [0.05, 0.1) is 32.1 Å². The molecule has 2 aromatic rings. The van der Waals surface area contributed by atoms with E-state index in [4.69, 9.17) is 14.2 Å². The summed E-state index contributed by atoms with van der Waals surface area (Å²) in [5.74, 6) is -0.239. The zero-order chi connectivity index (χ0) is 21.1. The molecule has 0 bridgehead atoms. The monoisotopic (exact) mass is 397 g/mol. The fourth-order valence-electron chi connectivity index (χ4n) is 2.95. The first kappa shape index (κ1) is 20.3. The van der Waals surface area contributed by atoms with Crippen molar-refractivity contribution in [3.63, 3.8) is 0 Å². The maximum Gasteiger partial charge on any atom is 0.301 e. The van der Waals surface area contributed by atoms with Crippen molar-refractivity contribution in [2.24, 2.45) is 5.92 Å². The lowest BCUT2D eigenvalue weighted by Gasteiger charge is -2.18. The van der Waals surface area contributed by atoms with Crippen molar-refractivity contribution in [3.8, 4) is 17.2 Å². The number of nitrogens with zero attached hydrogens (tertiary/aromatic N) is 1. The van der Waals surface area contributed by atoms with E-state index in [0.29, 0.717) is 29.6 Å². The van der Waals surface area contributed by atoms with Crippen molar-refractivity contribution in [1.82, 2.24) is 0 Å². The Morgan fingerprint density at radius 3 is 2.17 bits per heavy atom. The molecule has 1 aliphatic rings. The smallest absolute Gasteiger partial charge is 0.301 e. The highest BCUT2D eigenvalue weighted by Gasteiger charge is 2.41. The third kappa shape index (κ3) is 3.89. The second-order valence-electron chi connectivity index (χ2n) is 6.94. The number of aliphatic hydroxyl groups is 1. The molecule has 0 spiro atoms. The number of ether oxygens (including phenoxy) is 3. The number of rotatable bonds is 7. The summed E-state index contributed by atoms with van der Waals surface area (Å²) in [5, 5.41) is 10.4. The molecule has 7 nitrogen and oxygen atoms in total. The number of hydrogen-bond acceptors (Lipinski definition) is 6. The predicted molar refractivity (Wildman–Crippen MR) is 108 cm³/mol. The first-order chi connectivity index (χ1) is 13.9. The van der Waals surface area contributed by atoms with E-state index in [-0.39, 0.29) is 17.0 Å². The number of amides is 2. The summed E-state index contributed by atoms with van der Waals surface area (Å²) < 4.78 is 16.1. The second-order valence-corrected chi connectivity index (χ2v) is 6.94. The first-order valence-electron chi connectivity index (χ1n) is 9.14. The molecule has 2 amide bonds. The molecule has 0 saturated carbocycles. The standard InChI is InChI=1S/C22H23NO6/c1-13(2)12-29-15-7-5-14(6-8-15)19-20(24)22(26)23(21(19)25)17-10-9-16(27-3)11-18(17)28-4/h5-11,13,24H,12H2,1-4H3. The molecule has 7 heteroatoms. The van der Waals surface area contributed by atoms with Crippen molar-refractivity contribution in [3.05, 3.63) is 53.8 Å². The molecule has 3 rings (SSSR count). The summed E-state index contributed by atoms with van der Waals surface area (Å²) in [6.07, 6.45) is 0. The minimum Gasteiger partial charge on any atom is -0.502 e. The zero-order valence-electron chi connectivity index (χ0n) is 16.8. The average molecular weight is 397 g/mol. The van der Waals surface area contributed by atoms with Crippen LogP contribution in [0.15, 0.2) is 48.2 Å². The molecule has 0 saturated heterocycles. The van der Waals surface area contributed by atoms with Crippen molar-refractivity contribution in [1.29, 1.82) is 0 Å². The molecule has 1 aliphatic heterocycles. The zero-order valence-corrected chi connectivity index (χ0v) is 16.8. The van der Waals surface area contributed by atoms with Gasteiger partial charge in [-0.15, -0.1) is 0 Å². The molecular formula is C22H23NO6. The van der Waals surface area contributed by atoms with Gasteiger partial charge in [0, 0.05) is 6.07 Å². The van der Waals surface area contributed by atoms with Gasteiger partial charge in [-0.2, -0.15) is 0 Å². The normalized spacial score (nSPS) is 14.0. The molecule has 29 heavy (non-hydrogen) atoms. The molecule has 1 heterocycles. The first-order valence-corrected chi connectivity index (χ1v) is 9.14. The highest BCUT2D eigenvalue weighted by Crippen LogP contribution is 2.38. The van der Waals surface area contributed by atoms with Crippen molar-refractivity contribution < 1.29 is 28.9 Å². The molecule has 0 fully saturated rings. The number of benzene rings is 2. The van der Waals surface area contributed by atoms with Gasteiger partial charge in [-0.1, -0.05) is 26.0 Å². The molecule has 1 N–H and O–H groups in total. The van der Waals surface area contributed by atoms with E-state index in [1.807, 2.05) is 13.8 Å². The van der Waals surface area contributed by atoms with Crippen LogP contribution in [0.5, 0.6) is 17.2 Å². The molecule has 0 radical (unpaired) electrons. The quantitative estimate of drug-likeness (QED) is 0.719. The van der Waals surface area contributed by atoms with E-state index in [0.717, 1.165) is 4.90 Å². The molecule has 0 aromatic heterocycles. The van der Waals surface area contributed by atoms with Gasteiger partial charge < -0.3 is 19.3 Å². The van der Waals surface area contributed by atoms with Crippen LogP contribution in [0.3, 0.4) is 0 Å². The lowest BCUT2D eigenvalue weighted by atomic mass is 10.1. The molecule has 0 unspecified atom stereocenters. The van der Waals surface area contributed by atoms with Gasteiger partial charge in [0.15, 0.2) is 5.76 Å². The van der Waals surface area contributed by atoms with Crippen LogP contribution >= 0.6 is 0 Å². The maximum absolute atomic E-state index is 13.0. The second kappa shape index (κ2) is 8.26. The van der Waals surface area contributed by atoms with E-state index in [1.54, 1.807) is 36.4 Å². The molecular weight excluding hydrogens is 374 g/mol. The van der Waals surface area contributed by atoms with E-state index < -0.39 is 17.6 Å². The summed E-state index contributed by atoms with van der Waals surface area (Å²) in [6, 6.07) is 11.4. The molecule has 0 atom stereocenters. The van der Waals surface area contributed by atoms with Gasteiger partial charge in [0.25, 0.3) is 5.91 Å². The van der Waals surface area contributed by atoms with Crippen LogP contribution in [0.1, 0.15) is 19.4 Å². The Balaban J connectivity index is 1.91. The van der Waals surface area contributed by atoms with Crippen LogP contribution in [0.4, 0.5) is 5.69 Å². The van der Waals surface area contributed by atoms with Gasteiger partial charge >= 0.3 is 5.91 Å². The minimum absolute atomic E-state index is 0.0664. The van der Waals surface area contributed by atoms with Gasteiger partial charge in [-0.3, -0.25) is 9.59 Å². The van der Waals surface area contributed by atoms with Crippen molar-refractivity contribution >= 4 is 23.1 Å². The molecule has 2 aromatic carbocycles. The van der Waals surface area contributed by atoms with E-state index in [9.17, 15) is 14.7 Å². The van der Waals surface area contributed by atoms with Gasteiger partial charge in [0.1, 0.15) is 17.2 Å². The highest BCUT2D eigenvalue weighted by molar-refractivity contribution is 6.45. The number of anilines is 1. The molecule has 152 valence electrons. The Bertz CT molecular complexity index is 962. The third-order valence-corrected chi connectivity index (χ3v) is 4.41. The number of carbonyl (C=O) groups excluding carboxylic acids is 2. The van der Waals surface area contributed by atoms with E-state index in [2.05, 4.69) is 0 Å². The summed E-state index contributed by atoms with van der Waals surface area (Å²) >= 11 is 0. The Labute approximate surface area is 169 Å². The van der Waals surface area contributed by atoms with Crippen LogP contribution < -0.4 is 19.1 Å². The lowest BCUT2D eigenvalue weighted by Crippen LogP contribution is -2.31. The maximum atomic E-state index is 13.0. The summed E-state index contributed by atoms with van der Waals surface area (Å²) in [7, 11) is 2.92. The topological polar surface area (TPSA) is 85.3 Å². The predicted octanol–water partition coefficient (Wildman–Crippen LogP) is 3.58. The number of hydrogen-bond donors (Lipinski definition) is 1. The average Bonchev–Trinajstić information content (AvgIpc) is 2.94. The number of imide groups is 1. The third-order valence-electron chi connectivity index (χ3n) is 4.41. The summed E-state index contributed by atoms with van der Waals surface area (Å²) in [5.41, 5.74) is 0.581. The van der Waals surface area contributed by atoms with Crippen LogP contribution in [0.2, 0.25) is 0 Å². The Kier molecular flexibility index (Phi) is 5.77. The van der Waals surface area contributed by atoms with E-state index in [1.165, 1.54) is 20.3 Å². The Hall–Kier alpha value is -3.48. The summed E-state index contributed by atoms with van der Waals surface area (Å²) in [4.78, 5) is 26.6. The van der Waals surface area contributed by atoms with Crippen LogP contribution in [-0.2, 0) is 9.59 Å². The summed E-state index contributed by atoms with van der Waals surface area (Å²) in [6.45, 7) is 4.65. The highest BCUT2D eigenvalue weighted by atomic mass is 16.5. The number of methoxy groups -OCH3 is 2. The SMILES string of the molecule is COc1ccc(N2C(=O)C(O)=C(c3ccc(OCC(C)C)cc3)C2=O)c(OC)c1. The van der Waals surface area contributed by atoms with Crippen LogP contribution in [0.25, 0.3) is 5.57 Å². The van der Waals surface area contributed by atoms with Crippen molar-refractivity contribution in [2.45, 2.75) is 13.8 Å². The molecule has 0 aliphatic carbocycles.